The number of benzene rings is 2. The third-order valence-electron chi connectivity index (χ3n) is 6.01. The summed E-state index contributed by atoms with van der Waals surface area (Å²) in [5.41, 5.74) is 0.942. The van der Waals surface area contributed by atoms with Crippen molar-refractivity contribution in [3.05, 3.63) is 92.9 Å². The minimum Gasteiger partial charge on any atom is -0.507 e. The highest BCUT2D eigenvalue weighted by atomic mass is 32.1. The zero-order valence-corrected chi connectivity index (χ0v) is 21.0. The molecule has 0 spiro atoms. The van der Waals surface area contributed by atoms with E-state index in [1.807, 2.05) is 45.2 Å². The first-order valence-corrected chi connectivity index (χ1v) is 12.3. The van der Waals surface area contributed by atoms with E-state index in [1.165, 1.54) is 22.3 Å². The molecule has 0 saturated carbocycles. The highest BCUT2D eigenvalue weighted by molar-refractivity contribution is 7.09. The number of thiophene rings is 1. The average Bonchev–Trinajstić information content (AvgIpc) is 3.41. The first-order valence-electron chi connectivity index (χ1n) is 11.5. The third kappa shape index (κ3) is 4.73. The van der Waals surface area contributed by atoms with Crippen molar-refractivity contribution in [2.24, 2.45) is 0 Å². The summed E-state index contributed by atoms with van der Waals surface area (Å²) in [6.45, 7) is 8.57. The van der Waals surface area contributed by atoms with Crippen LogP contribution in [0.25, 0.3) is 5.76 Å². The van der Waals surface area contributed by atoms with Crippen molar-refractivity contribution in [3.8, 4) is 5.75 Å². The van der Waals surface area contributed by atoms with Crippen molar-refractivity contribution in [2.75, 3.05) is 6.61 Å². The van der Waals surface area contributed by atoms with E-state index in [-0.39, 0.29) is 28.9 Å². The molecule has 1 saturated heterocycles. The lowest BCUT2D eigenvalue weighted by atomic mass is 9.84. The van der Waals surface area contributed by atoms with E-state index in [1.54, 1.807) is 36.4 Å². The summed E-state index contributed by atoms with van der Waals surface area (Å²) in [6, 6.07) is 13.8. The molecule has 4 rings (SSSR count). The Bertz CT molecular complexity index is 1290. The number of aliphatic hydroxyl groups is 1. The Hall–Kier alpha value is -3.45. The van der Waals surface area contributed by atoms with E-state index >= 15 is 0 Å². The number of carbonyl (C=O) groups is 2. The minimum atomic E-state index is -1.05. The summed E-state index contributed by atoms with van der Waals surface area (Å²) < 4.78 is 20.7. The molecule has 182 valence electrons. The van der Waals surface area contributed by atoms with E-state index in [9.17, 15) is 19.1 Å². The number of amides is 1. The standard InChI is InChI=1S/C28H28FNO4S/c1-5-34-22-13-12-17(15-20(22)28(2,3)4)25(31)23-24(19-10-6-7-11-21(19)29)30(27(33)26(23)32)16-18-9-8-14-35-18/h6-15,24,31H,5,16H2,1-4H3/b25-23+. The largest absolute Gasteiger partial charge is 0.507 e. The fraction of sp³-hybridized carbons (Fsp3) is 0.286. The SMILES string of the molecule is CCOc1ccc(/C(O)=C2\C(=O)C(=O)N(Cc3cccs3)C2c2ccccc2F)cc1C(C)(C)C. The van der Waals surface area contributed by atoms with Crippen LogP contribution in [-0.2, 0) is 21.5 Å². The van der Waals surface area contributed by atoms with Crippen LogP contribution in [0.1, 0.15) is 55.3 Å². The molecule has 1 aliphatic heterocycles. The van der Waals surface area contributed by atoms with Gasteiger partial charge in [-0.3, -0.25) is 9.59 Å². The van der Waals surface area contributed by atoms with Crippen molar-refractivity contribution >= 4 is 28.8 Å². The number of rotatable bonds is 6. The molecule has 1 aliphatic rings. The minimum absolute atomic E-state index is 0.124. The van der Waals surface area contributed by atoms with Crippen LogP contribution in [0.4, 0.5) is 4.39 Å². The lowest BCUT2D eigenvalue weighted by Gasteiger charge is -2.26. The number of ketones is 1. The van der Waals surface area contributed by atoms with Gasteiger partial charge in [-0.25, -0.2) is 4.39 Å². The monoisotopic (exact) mass is 493 g/mol. The number of likely N-dealkylation sites (tertiary alicyclic amines) is 1. The van der Waals surface area contributed by atoms with Crippen molar-refractivity contribution in [3.63, 3.8) is 0 Å². The molecule has 3 aromatic rings. The van der Waals surface area contributed by atoms with E-state index in [0.29, 0.717) is 17.9 Å². The maximum atomic E-state index is 15.0. The molecule has 0 aliphatic carbocycles. The van der Waals surface area contributed by atoms with Crippen LogP contribution in [0.15, 0.2) is 65.6 Å². The molecule has 2 heterocycles. The highest BCUT2D eigenvalue weighted by Crippen LogP contribution is 2.42. The van der Waals surface area contributed by atoms with Gasteiger partial charge in [-0.05, 0) is 48.1 Å². The Labute approximate surface area is 208 Å². The lowest BCUT2D eigenvalue weighted by molar-refractivity contribution is -0.140. The predicted molar refractivity (Wildman–Crippen MR) is 135 cm³/mol. The third-order valence-corrected chi connectivity index (χ3v) is 6.87. The topological polar surface area (TPSA) is 66.8 Å². The second kappa shape index (κ2) is 9.66. The zero-order valence-electron chi connectivity index (χ0n) is 20.2. The summed E-state index contributed by atoms with van der Waals surface area (Å²) in [5, 5.41) is 13.3. The molecule has 0 radical (unpaired) electrons. The quantitative estimate of drug-likeness (QED) is 0.252. The maximum Gasteiger partial charge on any atom is 0.295 e. The Balaban J connectivity index is 1.90. The van der Waals surface area contributed by atoms with Crippen LogP contribution >= 0.6 is 11.3 Å². The summed E-state index contributed by atoms with van der Waals surface area (Å²) in [6.07, 6.45) is 0. The first-order chi connectivity index (χ1) is 16.6. The number of hydrogen-bond acceptors (Lipinski definition) is 5. The van der Waals surface area contributed by atoms with Gasteiger partial charge in [0, 0.05) is 21.6 Å². The van der Waals surface area contributed by atoms with Crippen LogP contribution in [0, 0.1) is 5.82 Å². The van der Waals surface area contributed by atoms with E-state index in [0.717, 1.165) is 10.4 Å². The molecule has 0 bridgehead atoms. The van der Waals surface area contributed by atoms with Crippen molar-refractivity contribution in [2.45, 2.75) is 45.7 Å². The van der Waals surface area contributed by atoms with Gasteiger partial charge in [0.2, 0.25) is 0 Å². The van der Waals surface area contributed by atoms with Crippen LogP contribution in [-0.4, -0.2) is 28.3 Å². The van der Waals surface area contributed by atoms with Crippen LogP contribution in [0.5, 0.6) is 5.75 Å². The molecule has 1 fully saturated rings. The predicted octanol–water partition coefficient (Wildman–Crippen LogP) is 6.21. The van der Waals surface area contributed by atoms with Gasteiger partial charge in [0.15, 0.2) is 0 Å². The maximum absolute atomic E-state index is 15.0. The normalized spacial score (nSPS) is 17.7. The summed E-state index contributed by atoms with van der Waals surface area (Å²) in [7, 11) is 0. The summed E-state index contributed by atoms with van der Waals surface area (Å²) >= 11 is 1.44. The molecule has 1 amide bonds. The van der Waals surface area contributed by atoms with Crippen LogP contribution in [0.3, 0.4) is 0 Å². The number of nitrogens with zero attached hydrogens (tertiary/aromatic N) is 1. The number of ether oxygens (including phenoxy) is 1. The number of Topliss-reactive ketones (excluding diaryl/α,β-unsaturated/α-hetero) is 1. The van der Waals surface area contributed by atoms with Gasteiger partial charge in [0.05, 0.1) is 24.8 Å². The number of aliphatic hydroxyl groups excluding tert-OH is 1. The molecule has 1 N–H and O–H groups in total. The fourth-order valence-electron chi connectivity index (χ4n) is 4.33. The molecule has 7 heteroatoms. The smallest absolute Gasteiger partial charge is 0.295 e. The van der Waals surface area contributed by atoms with Gasteiger partial charge in [-0.2, -0.15) is 0 Å². The van der Waals surface area contributed by atoms with Crippen molar-refractivity contribution in [1.82, 2.24) is 4.90 Å². The Morgan fingerprint density at radius 2 is 1.86 bits per heavy atom. The van der Waals surface area contributed by atoms with E-state index in [2.05, 4.69) is 0 Å². The number of hydrogen-bond donors (Lipinski definition) is 1. The highest BCUT2D eigenvalue weighted by Gasteiger charge is 2.47. The van der Waals surface area contributed by atoms with Gasteiger partial charge in [-0.1, -0.05) is 45.0 Å². The van der Waals surface area contributed by atoms with Gasteiger partial charge in [-0.15, -0.1) is 11.3 Å². The number of carbonyl (C=O) groups excluding carboxylic acids is 2. The fourth-order valence-corrected chi connectivity index (χ4v) is 5.04. The van der Waals surface area contributed by atoms with Crippen LogP contribution < -0.4 is 4.74 Å². The molecular formula is C28H28FNO4S. The lowest BCUT2D eigenvalue weighted by Crippen LogP contribution is -2.29. The zero-order chi connectivity index (χ0) is 25.3. The molecule has 35 heavy (non-hydrogen) atoms. The van der Waals surface area contributed by atoms with Gasteiger partial charge in [0.25, 0.3) is 11.7 Å². The Morgan fingerprint density at radius 3 is 2.49 bits per heavy atom. The van der Waals surface area contributed by atoms with Crippen LogP contribution in [0.2, 0.25) is 0 Å². The Kier molecular flexibility index (Phi) is 6.81. The second-order valence-electron chi connectivity index (χ2n) is 9.42. The average molecular weight is 494 g/mol. The molecule has 2 aromatic carbocycles. The Morgan fingerprint density at radius 1 is 1.11 bits per heavy atom. The summed E-state index contributed by atoms with van der Waals surface area (Å²) in [4.78, 5) is 28.6. The second-order valence-corrected chi connectivity index (χ2v) is 10.5. The van der Waals surface area contributed by atoms with Crippen molar-refractivity contribution < 1.29 is 23.8 Å². The van der Waals surface area contributed by atoms with Gasteiger partial charge >= 0.3 is 0 Å². The number of halogens is 1. The molecular weight excluding hydrogens is 465 g/mol. The first kappa shape index (κ1) is 24.7. The van der Waals surface area contributed by atoms with Gasteiger partial charge in [0.1, 0.15) is 17.3 Å². The van der Waals surface area contributed by atoms with E-state index < -0.39 is 23.5 Å². The van der Waals surface area contributed by atoms with E-state index in [4.69, 9.17) is 4.74 Å². The van der Waals surface area contributed by atoms with Gasteiger partial charge < -0.3 is 14.7 Å². The molecule has 1 atom stereocenters. The molecule has 5 nitrogen and oxygen atoms in total. The molecule has 1 unspecified atom stereocenters. The summed E-state index contributed by atoms with van der Waals surface area (Å²) in [5.74, 6) is -1.81. The molecule has 1 aromatic heterocycles. The van der Waals surface area contributed by atoms with Crippen molar-refractivity contribution in [1.29, 1.82) is 0 Å².